The topological polar surface area (TPSA) is 66.9 Å². The molecule has 0 bridgehead atoms. The Bertz CT molecular complexity index is 878. The van der Waals surface area contributed by atoms with Crippen molar-refractivity contribution in [2.24, 2.45) is 0 Å². The van der Waals surface area contributed by atoms with Crippen molar-refractivity contribution in [3.63, 3.8) is 0 Å². The van der Waals surface area contributed by atoms with E-state index < -0.39 is 0 Å². The average molecular weight is 381 g/mol. The number of aromatic nitrogens is 2. The Morgan fingerprint density at radius 2 is 1.52 bits per heavy atom. The summed E-state index contributed by atoms with van der Waals surface area (Å²) in [6.07, 6.45) is 1.16. The molecule has 3 rings (SSSR count). The maximum Gasteiger partial charge on any atom is 0.229 e. The highest BCUT2D eigenvalue weighted by atomic mass is 35.5. The molecule has 0 spiro atoms. The van der Waals surface area contributed by atoms with Gasteiger partial charge in [-0.25, -0.2) is 0 Å². The lowest BCUT2D eigenvalue weighted by Gasteiger charge is -2.07. The first-order valence-electron chi connectivity index (χ1n) is 8.76. The summed E-state index contributed by atoms with van der Waals surface area (Å²) < 4.78 is 0. The van der Waals surface area contributed by atoms with E-state index in [9.17, 15) is 4.79 Å². The van der Waals surface area contributed by atoms with Gasteiger partial charge in [-0.3, -0.25) is 4.79 Å². The number of anilines is 2. The molecule has 0 fully saturated rings. The fourth-order valence-electron chi connectivity index (χ4n) is 2.56. The molecule has 1 heterocycles. The molecule has 0 aliphatic heterocycles. The molecule has 0 aliphatic rings. The molecule has 0 saturated heterocycles. The minimum atomic E-state index is -0.114. The third-order valence-electron chi connectivity index (χ3n) is 4.05. The van der Waals surface area contributed by atoms with E-state index in [1.54, 1.807) is 12.1 Å². The third-order valence-corrected chi connectivity index (χ3v) is 4.30. The number of hydrogen-bond acceptors (Lipinski definition) is 4. The molecule has 3 aromatic rings. The molecule has 2 N–H and O–H groups in total. The molecule has 0 aliphatic carbocycles. The Kier molecular flexibility index (Phi) is 6.39. The smallest absolute Gasteiger partial charge is 0.229 e. The average Bonchev–Trinajstić information content (AvgIpc) is 2.67. The van der Waals surface area contributed by atoms with E-state index in [0.717, 1.165) is 23.6 Å². The van der Waals surface area contributed by atoms with Gasteiger partial charge in [0.1, 0.15) is 5.82 Å². The molecular formula is C21H21ClN4O. The van der Waals surface area contributed by atoms with Gasteiger partial charge in [-0.05, 0) is 48.7 Å². The van der Waals surface area contributed by atoms with Gasteiger partial charge in [-0.15, -0.1) is 10.2 Å². The van der Waals surface area contributed by atoms with Crippen LogP contribution in [0.3, 0.4) is 0 Å². The van der Waals surface area contributed by atoms with Crippen LogP contribution in [0.15, 0.2) is 60.7 Å². The van der Waals surface area contributed by atoms with Gasteiger partial charge < -0.3 is 10.6 Å². The Morgan fingerprint density at radius 3 is 2.19 bits per heavy atom. The first kappa shape index (κ1) is 18.9. The van der Waals surface area contributed by atoms with E-state index in [1.165, 1.54) is 11.1 Å². The number of carbonyl (C=O) groups excluding carboxylic acids is 1. The zero-order chi connectivity index (χ0) is 19.1. The van der Waals surface area contributed by atoms with Gasteiger partial charge in [0.25, 0.3) is 0 Å². The first-order valence-corrected chi connectivity index (χ1v) is 9.14. The predicted molar refractivity (Wildman–Crippen MR) is 109 cm³/mol. The van der Waals surface area contributed by atoms with Crippen molar-refractivity contribution in [1.29, 1.82) is 0 Å². The molecule has 0 atom stereocenters. The Hall–Kier alpha value is -2.92. The molecule has 2 aromatic carbocycles. The molecule has 0 unspecified atom stereocenters. The largest absolute Gasteiger partial charge is 0.368 e. The van der Waals surface area contributed by atoms with Crippen LogP contribution in [0.5, 0.6) is 0 Å². The van der Waals surface area contributed by atoms with Gasteiger partial charge in [0.2, 0.25) is 5.91 Å². The van der Waals surface area contributed by atoms with Crippen LogP contribution in [-0.2, 0) is 17.6 Å². The minimum absolute atomic E-state index is 0.114. The van der Waals surface area contributed by atoms with E-state index >= 15 is 0 Å². The van der Waals surface area contributed by atoms with Gasteiger partial charge in [-0.2, -0.15) is 0 Å². The summed E-state index contributed by atoms with van der Waals surface area (Å²) in [7, 11) is 0. The maximum absolute atomic E-state index is 12.1. The van der Waals surface area contributed by atoms with E-state index in [-0.39, 0.29) is 5.91 Å². The molecule has 1 aromatic heterocycles. The number of rotatable bonds is 7. The monoisotopic (exact) mass is 380 g/mol. The lowest BCUT2D eigenvalue weighted by molar-refractivity contribution is -0.115. The summed E-state index contributed by atoms with van der Waals surface area (Å²) in [5.41, 5.74) is 3.33. The molecule has 0 saturated carbocycles. The normalized spacial score (nSPS) is 10.4. The Balaban J connectivity index is 1.45. The van der Waals surface area contributed by atoms with Crippen molar-refractivity contribution in [3.8, 4) is 0 Å². The molecule has 0 radical (unpaired) electrons. The summed E-state index contributed by atoms with van der Waals surface area (Å²) in [5.74, 6) is 0.993. The fraction of sp³-hybridized carbons (Fsp3) is 0.190. The molecule has 5 nitrogen and oxygen atoms in total. The van der Waals surface area contributed by atoms with Crippen LogP contribution in [0.1, 0.15) is 16.7 Å². The highest BCUT2D eigenvalue weighted by molar-refractivity contribution is 6.30. The quantitative estimate of drug-likeness (QED) is 0.642. The van der Waals surface area contributed by atoms with Crippen molar-refractivity contribution < 1.29 is 4.79 Å². The van der Waals surface area contributed by atoms with Crippen LogP contribution < -0.4 is 10.6 Å². The number of nitrogens with zero attached hydrogens (tertiary/aromatic N) is 2. The molecule has 138 valence electrons. The Labute approximate surface area is 163 Å². The summed E-state index contributed by atoms with van der Waals surface area (Å²) in [6, 6.07) is 19.2. The van der Waals surface area contributed by atoms with Crippen LogP contribution >= 0.6 is 11.6 Å². The maximum atomic E-state index is 12.1. The van der Waals surface area contributed by atoms with Crippen LogP contribution in [0.4, 0.5) is 11.6 Å². The lowest BCUT2D eigenvalue weighted by atomic mass is 10.1. The Morgan fingerprint density at radius 1 is 0.889 bits per heavy atom. The second-order valence-corrected chi connectivity index (χ2v) is 6.75. The molecule has 27 heavy (non-hydrogen) atoms. The van der Waals surface area contributed by atoms with Gasteiger partial charge in [0.05, 0.1) is 6.42 Å². The molecule has 6 heteroatoms. The van der Waals surface area contributed by atoms with Crippen LogP contribution in [0.25, 0.3) is 0 Å². The zero-order valence-corrected chi connectivity index (χ0v) is 15.8. The van der Waals surface area contributed by atoms with Crippen molar-refractivity contribution in [3.05, 3.63) is 82.4 Å². The summed E-state index contributed by atoms with van der Waals surface area (Å²) in [5, 5.41) is 14.9. The highest BCUT2D eigenvalue weighted by Gasteiger charge is 2.06. The number of amides is 1. The zero-order valence-electron chi connectivity index (χ0n) is 15.1. The second-order valence-electron chi connectivity index (χ2n) is 6.32. The first-order chi connectivity index (χ1) is 13.1. The van der Waals surface area contributed by atoms with E-state index in [4.69, 9.17) is 11.6 Å². The predicted octanol–water partition coefficient (Wildman–Crippen LogP) is 4.27. The highest BCUT2D eigenvalue weighted by Crippen LogP contribution is 2.11. The number of halogens is 1. The van der Waals surface area contributed by atoms with Gasteiger partial charge in [0.15, 0.2) is 5.82 Å². The molecule has 1 amide bonds. The fourth-order valence-corrected chi connectivity index (χ4v) is 2.68. The van der Waals surface area contributed by atoms with Crippen LogP contribution in [0.2, 0.25) is 5.02 Å². The van der Waals surface area contributed by atoms with Crippen molar-refractivity contribution in [2.45, 2.75) is 19.8 Å². The third kappa shape index (κ3) is 6.08. The van der Waals surface area contributed by atoms with Crippen LogP contribution in [-0.4, -0.2) is 22.6 Å². The van der Waals surface area contributed by atoms with Crippen LogP contribution in [0, 0.1) is 6.92 Å². The number of benzene rings is 2. The second kappa shape index (κ2) is 9.14. The summed E-state index contributed by atoms with van der Waals surface area (Å²) >= 11 is 5.88. The van der Waals surface area contributed by atoms with Crippen molar-refractivity contribution in [2.75, 3.05) is 17.2 Å². The summed E-state index contributed by atoms with van der Waals surface area (Å²) in [4.78, 5) is 12.1. The van der Waals surface area contributed by atoms with Gasteiger partial charge in [-0.1, -0.05) is 53.6 Å². The molecular weight excluding hydrogens is 360 g/mol. The van der Waals surface area contributed by atoms with Gasteiger partial charge in [0, 0.05) is 11.6 Å². The van der Waals surface area contributed by atoms with E-state index in [2.05, 4.69) is 20.8 Å². The van der Waals surface area contributed by atoms with Crippen molar-refractivity contribution >= 4 is 29.1 Å². The standard InChI is InChI=1S/C21H21ClN4O/c1-15-2-4-17(5-3-15)14-21(27)24-20-11-10-19(25-26-20)23-13-12-16-6-8-18(22)9-7-16/h2-11H,12-14H2,1H3,(H,23,25)(H,24,26,27). The van der Waals surface area contributed by atoms with E-state index in [1.807, 2.05) is 55.5 Å². The number of nitrogens with one attached hydrogen (secondary N) is 2. The minimum Gasteiger partial charge on any atom is -0.368 e. The number of aryl methyl sites for hydroxylation is 1. The SMILES string of the molecule is Cc1ccc(CC(=O)Nc2ccc(NCCc3ccc(Cl)cc3)nn2)cc1. The van der Waals surface area contributed by atoms with Gasteiger partial charge >= 0.3 is 0 Å². The number of hydrogen-bond donors (Lipinski definition) is 2. The lowest BCUT2D eigenvalue weighted by Crippen LogP contribution is -2.16. The van der Waals surface area contributed by atoms with E-state index in [0.29, 0.717) is 18.1 Å². The number of carbonyl (C=O) groups is 1. The summed E-state index contributed by atoms with van der Waals surface area (Å²) in [6.45, 7) is 2.75. The van der Waals surface area contributed by atoms with Crippen molar-refractivity contribution in [1.82, 2.24) is 10.2 Å².